The lowest BCUT2D eigenvalue weighted by Gasteiger charge is -2.15. The summed E-state index contributed by atoms with van der Waals surface area (Å²) in [6.45, 7) is 2.61. The van der Waals surface area contributed by atoms with E-state index in [4.69, 9.17) is 4.52 Å². The first-order valence-electron chi connectivity index (χ1n) is 9.28. The van der Waals surface area contributed by atoms with Crippen molar-refractivity contribution in [1.82, 2.24) is 15.0 Å². The highest BCUT2D eigenvalue weighted by Crippen LogP contribution is 2.39. The van der Waals surface area contributed by atoms with Gasteiger partial charge in [0.2, 0.25) is 11.8 Å². The van der Waals surface area contributed by atoms with Crippen LogP contribution in [0.2, 0.25) is 0 Å². The first-order chi connectivity index (χ1) is 14.0. The zero-order valence-corrected chi connectivity index (χ0v) is 15.8. The molecule has 0 spiro atoms. The molecule has 4 rings (SSSR count). The molecule has 1 aromatic heterocycles. The molecule has 1 aliphatic rings. The minimum absolute atomic E-state index is 0.000643. The van der Waals surface area contributed by atoms with Crippen molar-refractivity contribution in [3.8, 4) is 0 Å². The Bertz CT molecular complexity index is 1050. The van der Waals surface area contributed by atoms with Crippen molar-refractivity contribution in [3.05, 3.63) is 89.1 Å². The number of benzene rings is 2. The van der Waals surface area contributed by atoms with Gasteiger partial charge in [0, 0.05) is 30.6 Å². The number of amides is 1. The van der Waals surface area contributed by atoms with Crippen LogP contribution in [-0.2, 0) is 4.79 Å². The fourth-order valence-electron chi connectivity index (χ4n) is 3.64. The van der Waals surface area contributed by atoms with Gasteiger partial charge < -0.3 is 9.42 Å². The van der Waals surface area contributed by atoms with Gasteiger partial charge in [-0.05, 0) is 36.8 Å². The topological polar surface area (TPSA) is 59.2 Å². The van der Waals surface area contributed by atoms with Gasteiger partial charge in [-0.2, -0.15) is 4.98 Å². The largest absolute Gasteiger partial charge is 0.339 e. The smallest absolute Gasteiger partial charge is 0.246 e. The Labute approximate surface area is 166 Å². The van der Waals surface area contributed by atoms with E-state index in [0.717, 1.165) is 23.8 Å². The summed E-state index contributed by atoms with van der Waals surface area (Å²) in [7, 11) is 0. The predicted molar refractivity (Wildman–Crippen MR) is 103 cm³/mol. The fraction of sp³-hybridized carbons (Fsp3) is 0.227. The molecular weight excluding hydrogens is 376 g/mol. The Kier molecular flexibility index (Phi) is 5.20. The molecule has 29 heavy (non-hydrogen) atoms. The van der Waals surface area contributed by atoms with E-state index in [1.165, 1.54) is 12.2 Å². The Morgan fingerprint density at radius 3 is 2.62 bits per heavy atom. The van der Waals surface area contributed by atoms with E-state index >= 15 is 0 Å². The van der Waals surface area contributed by atoms with Crippen molar-refractivity contribution < 1.29 is 18.1 Å². The predicted octanol–water partition coefficient (Wildman–Crippen LogP) is 4.08. The van der Waals surface area contributed by atoms with Gasteiger partial charge in [-0.3, -0.25) is 4.79 Å². The van der Waals surface area contributed by atoms with Gasteiger partial charge in [-0.15, -0.1) is 0 Å². The van der Waals surface area contributed by atoms with E-state index < -0.39 is 11.6 Å². The first kappa shape index (κ1) is 19.0. The highest BCUT2D eigenvalue weighted by atomic mass is 19.1. The normalized spacial score (nSPS) is 19.2. The van der Waals surface area contributed by atoms with Gasteiger partial charge in [0.1, 0.15) is 11.6 Å². The fourth-order valence-corrected chi connectivity index (χ4v) is 3.64. The van der Waals surface area contributed by atoms with Crippen LogP contribution >= 0.6 is 0 Å². The van der Waals surface area contributed by atoms with Crippen molar-refractivity contribution in [1.29, 1.82) is 0 Å². The molecule has 5 nitrogen and oxygen atoms in total. The highest BCUT2D eigenvalue weighted by Gasteiger charge is 2.39. The SMILES string of the molecule is Cc1noc(C2CN(C(=O)C=Cc3cc(F)ccc3F)CC2c2ccccc2)n1. The Morgan fingerprint density at radius 1 is 1.14 bits per heavy atom. The van der Waals surface area contributed by atoms with Gasteiger partial charge >= 0.3 is 0 Å². The molecule has 1 aliphatic heterocycles. The average molecular weight is 395 g/mol. The molecule has 1 fully saturated rings. The van der Waals surface area contributed by atoms with E-state index in [1.807, 2.05) is 30.3 Å². The molecule has 0 aliphatic carbocycles. The summed E-state index contributed by atoms with van der Waals surface area (Å²) in [6, 6.07) is 13.0. The molecule has 7 heteroatoms. The molecular formula is C22H19F2N3O2. The average Bonchev–Trinajstić information content (AvgIpc) is 3.35. The van der Waals surface area contributed by atoms with Gasteiger partial charge in [0.25, 0.3) is 0 Å². The van der Waals surface area contributed by atoms with Crippen LogP contribution in [0.25, 0.3) is 6.08 Å². The summed E-state index contributed by atoms with van der Waals surface area (Å²) in [6.07, 6.45) is 2.56. The number of likely N-dealkylation sites (tertiary alicyclic amines) is 1. The van der Waals surface area contributed by atoms with Crippen LogP contribution in [0, 0.1) is 18.6 Å². The number of hydrogen-bond donors (Lipinski definition) is 0. The Morgan fingerprint density at radius 2 is 1.90 bits per heavy atom. The quantitative estimate of drug-likeness (QED) is 0.625. The standard InChI is InChI=1S/C22H19F2N3O2/c1-14-25-22(29-26-14)19-13-27(12-18(19)15-5-3-2-4-6-15)21(28)10-7-16-11-17(23)8-9-20(16)24/h2-11,18-19H,12-13H2,1H3. The summed E-state index contributed by atoms with van der Waals surface area (Å²) >= 11 is 0. The number of carbonyl (C=O) groups is 1. The molecule has 2 atom stereocenters. The van der Waals surface area contributed by atoms with Crippen LogP contribution in [0.15, 0.2) is 59.1 Å². The molecule has 2 unspecified atom stereocenters. The second-order valence-electron chi connectivity index (χ2n) is 7.05. The number of nitrogens with zero attached hydrogens (tertiary/aromatic N) is 3. The summed E-state index contributed by atoms with van der Waals surface area (Å²) in [5.41, 5.74) is 1.10. The maximum atomic E-state index is 13.8. The maximum absolute atomic E-state index is 13.8. The van der Waals surface area contributed by atoms with E-state index in [0.29, 0.717) is 24.8 Å². The molecule has 2 aromatic carbocycles. The number of carbonyl (C=O) groups excluding carboxylic acids is 1. The van der Waals surface area contributed by atoms with Gasteiger partial charge in [-0.1, -0.05) is 35.5 Å². The molecule has 0 radical (unpaired) electrons. The molecule has 1 saturated heterocycles. The van der Waals surface area contributed by atoms with Gasteiger partial charge in [-0.25, -0.2) is 8.78 Å². The second-order valence-corrected chi connectivity index (χ2v) is 7.05. The van der Waals surface area contributed by atoms with Crippen molar-refractivity contribution in [2.45, 2.75) is 18.8 Å². The molecule has 3 aromatic rings. The second kappa shape index (κ2) is 7.95. The molecule has 2 heterocycles. The summed E-state index contributed by atoms with van der Waals surface area (Å²) in [4.78, 5) is 18.7. The van der Waals surface area contributed by atoms with Crippen LogP contribution in [0.1, 0.15) is 34.7 Å². The first-order valence-corrected chi connectivity index (χ1v) is 9.28. The lowest BCUT2D eigenvalue weighted by Crippen LogP contribution is -2.27. The molecule has 148 valence electrons. The summed E-state index contributed by atoms with van der Waals surface area (Å²) in [5.74, 6) is -0.534. The lowest BCUT2D eigenvalue weighted by atomic mass is 9.89. The Balaban J connectivity index is 1.57. The number of aromatic nitrogens is 2. The van der Waals surface area contributed by atoms with Crippen LogP contribution in [0.5, 0.6) is 0 Å². The van der Waals surface area contributed by atoms with E-state index in [-0.39, 0.29) is 23.3 Å². The third-order valence-electron chi connectivity index (χ3n) is 5.08. The highest BCUT2D eigenvalue weighted by molar-refractivity contribution is 5.92. The van der Waals surface area contributed by atoms with Gasteiger partial charge in [0.05, 0.1) is 5.92 Å². The third kappa shape index (κ3) is 4.08. The minimum atomic E-state index is -0.585. The lowest BCUT2D eigenvalue weighted by molar-refractivity contribution is -0.125. The van der Waals surface area contributed by atoms with Crippen molar-refractivity contribution in [2.24, 2.45) is 0 Å². The van der Waals surface area contributed by atoms with Crippen molar-refractivity contribution in [3.63, 3.8) is 0 Å². The van der Waals surface area contributed by atoms with Crippen LogP contribution in [0.3, 0.4) is 0 Å². The van der Waals surface area contributed by atoms with Crippen molar-refractivity contribution >= 4 is 12.0 Å². The number of hydrogen-bond acceptors (Lipinski definition) is 4. The third-order valence-corrected chi connectivity index (χ3v) is 5.08. The van der Waals surface area contributed by atoms with Crippen molar-refractivity contribution in [2.75, 3.05) is 13.1 Å². The van der Waals surface area contributed by atoms with E-state index in [9.17, 15) is 13.6 Å². The molecule has 0 bridgehead atoms. The zero-order chi connectivity index (χ0) is 20.4. The number of aryl methyl sites for hydroxylation is 1. The van der Waals surface area contributed by atoms with Crippen LogP contribution < -0.4 is 0 Å². The monoisotopic (exact) mass is 395 g/mol. The Hall–Kier alpha value is -3.35. The summed E-state index contributed by atoms with van der Waals surface area (Å²) < 4.78 is 32.5. The summed E-state index contributed by atoms with van der Waals surface area (Å²) in [5, 5.41) is 3.87. The maximum Gasteiger partial charge on any atom is 0.246 e. The molecule has 1 amide bonds. The van der Waals surface area contributed by atoms with E-state index in [2.05, 4.69) is 10.1 Å². The molecule has 0 N–H and O–H groups in total. The number of rotatable bonds is 4. The number of halogens is 2. The van der Waals surface area contributed by atoms with E-state index in [1.54, 1.807) is 11.8 Å². The van der Waals surface area contributed by atoms with Crippen LogP contribution in [-0.4, -0.2) is 34.0 Å². The minimum Gasteiger partial charge on any atom is -0.339 e. The zero-order valence-electron chi connectivity index (χ0n) is 15.8. The van der Waals surface area contributed by atoms with Gasteiger partial charge in [0.15, 0.2) is 5.82 Å². The van der Waals surface area contributed by atoms with Crippen LogP contribution in [0.4, 0.5) is 8.78 Å². The molecule has 0 saturated carbocycles.